The van der Waals surface area contributed by atoms with Crippen LogP contribution in [-0.4, -0.2) is 63.9 Å². The largest absolute Gasteiger partial charge is 0.351 e. The predicted octanol–water partition coefficient (Wildman–Crippen LogP) is 4.18. The summed E-state index contributed by atoms with van der Waals surface area (Å²) in [5.74, 6) is -0.0180. The number of hydrogen-bond donors (Lipinski definition) is 1. The minimum Gasteiger partial charge on any atom is -0.351 e. The number of likely N-dealkylation sites (tertiary alicyclic amines) is 1. The third-order valence-corrected chi connectivity index (χ3v) is 8.10. The van der Waals surface area contributed by atoms with E-state index in [4.69, 9.17) is 0 Å². The first-order chi connectivity index (χ1) is 16.1. The van der Waals surface area contributed by atoms with E-state index < -0.39 is 5.54 Å². The molecule has 0 bridgehead atoms. The predicted molar refractivity (Wildman–Crippen MR) is 131 cm³/mol. The average Bonchev–Trinajstić information content (AvgIpc) is 3.00. The smallest absolute Gasteiger partial charge is 0.271 e. The molecule has 0 spiro atoms. The maximum absolute atomic E-state index is 13.8. The molecule has 3 heterocycles. The summed E-state index contributed by atoms with van der Waals surface area (Å²) in [4.78, 5) is 32.0. The Morgan fingerprint density at radius 1 is 1.00 bits per heavy atom. The molecule has 6 heteroatoms. The normalized spacial score (nSPS) is 25.1. The summed E-state index contributed by atoms with van der Waals surface area (Å²) < 4.78 is 2.07. The summed E-state index contributed by atoms with van der Waals surface area (Å²) in [5.41, 5.74) is 0.842. The van der Waals surface area contributed by atoms with Gasteiger partial charge >= 0.3 is 0 Å². The molecule has 1 N–H and O–H groups in total. The van der Waals surface area contributed by atoms with Crippen LogP contribution in [-0.2, 0) is 11.3 Å². The molecule has 3 aliphatic rings. The summed E-state index contributed by atoms with van der Waals surface area (Å²) in [5, 5.41) is 4.40. The first-order valence-electron chi connectivity index (χ1n) is 13.0. The van der Waals surface area contributed by atoms with E-state index in [9.17, 15) is 9.59 Å². The highest BCUT2D eigenvalue weighted by atomic mass is 16.2. The molecule has 1 aliphatic carbocycles. The number of benzene rings is 1. The van der Waals surface area contributed by atoms with Crippen LogP contribution in [0.2, 0.25) is 0 Å². The van der Waals surface area contributed by atoms with Crippen molar-refractivity contribution in [3.8, 4) is 0 Å². The highest BCUT2D eigenvalue weighted by Crippen LogP contribution is 2.33. The maximum Gasteiger partial charge on any atom is 0.271 e. The van der Waals surface area contributed by atoms with Gasteiger partial charge in [-0.3, -0.25) is 9.59 Å². The van der Waals surface area contributed by atoms with Gasteiger partial charge in [0.05, 0.1) is 6.54 Å². The summed E-state index contributed by atoms with van der Waals surface area (Å²) in [6.07, 6.45) is 10.7. The zero-order valence-corrected chi connectivity index (χ0v) is 20.0. The van der Waals surface area contributed by atoms with E-state index in [0.717, 1.165) is 43.4 Å². The van der Waals surface area contributed by atoms with Crippen LogP contribution >= 0.6 is 0 Å². The van der Waals surface area contributed by atoms with Crippen molar-refractivity contribution < 1.29 is 9.59 Å². The van der Waals surface area contributed by atoms with E-state index in [-0.39, 0.29) is 17.9 Å². The van der Waals surface area contributed by atoms with E-state index in [1.807, 2.05) is 30.0 Å². The second kappa shape index (κ2) is 9.49. The van der Waals surface area contributed by atoms with Gasteiger partial charge in [-0.05, 0) is 57.8 Å². The van der Waals surface area contributed by atoms with Crippen LogP contribution in [0.25, 0.3) is 10.9 Å². The highest BCUT2D eigenvalue weighted by molar-refractivity contribution is 6.03. The molecule has 1 saturated heterocycles. The molecule has 2 aromatic rings. The molecule has 178 valence electrons. The first-order valence-corrected chi connectivity index (χ1v) is 13.0. The number of rotatable bonds is 5. The SMILES string of the molecule is CC1(C(=O)NC2CCCCC2)Cn2c(cc3ccccc32)C(=O)N1CCN1CCCCCC1. The standard InChI is InChI=1S/C27H38N4O2/c1-27(26(33)28-22-12-5-4-6-13-22)20-30-23-14-8-7-11-21(23)19-24(30)25(32)31(27)18-17-29-15-9-2-3-10-16-29/h7-8,11,14,19,22H,2-6,9-10,12-13,15-18,20H2,1H3,(H,28,33). The van der Waals surface area contributed by atoms with Gasteiger partial charge in [-0.15, -0.1) is 0 Å². The molecule has 1 unspecified atom stereocenters. The summed E-state index contributed by atoms with van der Waals surface area (Å²) in [7, 11) is 0. The topological polar surface area (TPSA) is 57.6 Å². The number of carbonyl (C=O) groups is 2. The molecule has 2 fully saturated rings. The molecule has 1 aromatic carbocycles. The third-order valence-electron chi connectivity index (χ3n) is 8.10. The van der Waals surface area contributed by atoms with Crippen molar-refractivity contribution in [1.29, 1.82) is 0 Å². The van der Waals surface area contributed by atoms with Crippen LogP contribution in [0.15, 0.2) is 30.3 Å². The molecule has 1 aromatic heterocycles. The Bertz CT molecular complexity index is 1000. The molecular formula is C27H38N4O2. The fraction of sp³-hybridized carbons (Fsp3) is 0.630. The Labute approximate surface area is 197 Å². The fourth-order valence-corrected chi connectivity index (χ4v) is 6.05. The quantitative estimate of drug-likeness (QED) is 0.743. The summed E-state index contributed by atoms with van der Waals surface area (Å²) in [6.45, 7) is 6.08. The van der Waals surface area contributed by atoms with Crippen molar-refractivity contribution >= 4 is 22.7 Å². The van der Waals surface area contributed by atoms with Gasteiger partial charge in [0.2, 0.25) is 5.91 Å². The number of hydrogen-bond acceptors (Lipinski definition) is 3. The van der Waals surface area contributed by atoms with Gasteiger partial charge in [0, 0.05) is 30.0 Å². The summed E-state index contributed by atoms with van der Waals surface area (Å²) in [6, 6.07) is 10.3. The highest BCUT2D eigenvalue weighted by Gasteiger charge is 2.48. The van der Waals surface area contributed by atoms with E-state index in [0.29, 0.717) is 18.8 Å². The van der Waals surface area contributed by atoms with Crippen LogP contribution in [0.4, 0.5) is 0 Å². The van der Waals surface area contributed by atoms with Gasteiger partial charge in [-0.1, -0.05) is 50.3 Å². The number of amides is 2. The number of aromatic nitrogens is 1. The van der Waals surface area contributed by atoms with Gasteiger partial charge in [-0.25, -0.2) is 0 Å². The Morgan fingerprint density at radius 3 is 2.45 bits per heavy atom. The molecular weight excluding hydrogens is 412 g/mol. The number of carbonyl (C=O) groups excluding carboxylic acids is 2. The van der Waals surface area contributed by atoms with Gasteiger partial charge in [0.1, 0.15) is 11.2 Å². The lowest BCUT2D eigenvalue weighted by atomic mass is 9.91. The average molecular weight is 451 g/mol. The zero-order valence-electron chi connectivity index (χ0n) is 20.0. The Kier molecular flexibility index (Phi) is 6.46. The van der Waals surface area contributed by atoms with Crippen LogP contribution < -0.4 is 5.32 Å². The van der Waals surface area contributed by atoms with Crippen molar-refractivity contribution in [2.45, 2.75) is 82.8 Å². The van der Waals surface area contributed by atoms with Crippen LogP contribution in [0, 0.1) is 0 Å². The fourth-order valence-electron chi connectivity index (χ4n) is 6.05. The van der Waals surface area contributed by atoms with Gasteiger partial charge < -0.3 is 19.7 Å². The lowest BCUT2D eigenvalue weighted by molar-refractivity contribution is -0.133. The lowest BCUT2D eigenvalue weighted by Crippen LogP contribution is -2.65. The van der Waals surface area contributed by atoms with Crippen LogP contribution in [0.5, 0.6) is 0 Å². The molecule has 6 nitrogen and oxygen atoms in total. The maximum atomic E-state index is 13.8. The number of para-hydroxylation sites is 1. The van der Waals surface area contributed by atoms with Crippen LogP contribution in [0.1, 0.15) is 75.2 Å². The molecule has 2 amide bonds. The third kappa shape index (κ3) is 4.42. The Hall–Kier alpha value is -2.34. The number of nitrogens with zero attached hydrogens (tertiary/aromatic N) is 3. The second-order valence-corrected chi connectivity index (χ2v) is 10.5. The van der Waals surface area contributed by atoms with E-state index >= 15 is 0 Å². The van der Waals surface area contributed by atoms with Gasteiger partial charge in [0.25, 0.3) is 5.91 Å². The van der Waals surface area contributed by atoms with E-state index in [1.165, 1.54) is 44.9 Å². The number of nitrogens with one attached hydrogen (secondary N) is 1. The monoisotopic (exact) mass is 450 g/mol. The van der Waals surface area contributed by atoms with Crippen molar-refractivity contribution in [2.24, 2.45) is 0 Å². The van der Waals surface area contributed by atoms with Crippen molar-refractivity contribution in [3.05, 3.63) is 36.0 Å². The van der Waals surface area contributed by atoms with Crippen LogP contribution in [0.3, 0.4) is 0 Å². The molecule has 33 heavy (non-hydrogen) atoms. The molecule has 1 saturated carbocycles. The van der Waals surface area contributed by atoms with E-state index in [2.05, 4.69) is 26.9 Å². The van der Waals surface area contributed by atoms with Crippen molar-refractivity contribution in [3.63, 3.8) is 0 Å². The second-order valence-electron chi connectivity index (χ2n) is 10.5. The van der Waals surface area contributed by atoms with E-state index in [1.54, 1.807) is 0 Å². The van der Waals surface area contributed by atoms with Crippen molar-refractivity contribution in [2.75, 3.05) is 26.2 Å². The minimum atomic E-state index is -0.894. The molecule has 2 aliphatic heterocycles. The first kappa shape index (κ1) is 22.5. The Balaban J connectivity index is 1.44. The van der Waals surface area contributed by atoms with Gasteiger partial charge in [-0.2, -0.15) is 0 Å². The molecule has 5 rings (SSSR count). The van der Waals surface area contributed by atoms with Crippen molar-refractivity contribution in [1.82, 2.24) is 19.7 Å². The number of fused-ring (bicyclic) bond motifs is 3. The summed E-state index contributed by atoms with van der Waals surface area (Å²) >= 11 is 0. The zero-order chi connectivity index (χ0) is 22.8. The lowest BCUT2D eigenvalue weighted by Gasteiger charge is -2.45. The molecule has 1 atom stereocenters. The minimum absolute atomic E-state index is 0.00190. The molecule has 0 radical (unpaired) electrons. The Morgan fingerprint density at radius 2 is 1.70 bits per heavy atom. The van der Waals surface area contributed by atoms with Gasteiger partial charge in [0.15, 0.2) is 0 Å².